The van der Waals surface area contributed by atoms with Crippen molar-refractivity contribution < 1.29 is 8.42 Å². The molecule has 2 fully saturated rings. The fourth-order valence-electron chi connectivity index (χ4n) is 4.47. The Balaban J connectivity index is 1.37. The molecule has 0 bridgehead atoms. The van der Waals surface area contributed by atoms with Gasteiger partial charge in [-0.3, -0.25) is 4.99 Å². The smallest absolute Gasteiger partial charge is 0.243 e. The number of nitrogens with zero attached hydrogens (tertiary/aromatic N) is 5. The molecule has 0 aliphatic carbocycles. The first kappa shape index (κ1) is 21.8. The van der Waals surface area contributed by atoms with Gasteiger partial charge in [-0.2, -0.15) is 4.31 Å². The van der Waals surface area contributed by atoms with Crippen molar-refractivity contribution in [2.24, 2.45) is 10.9 Å². The molecule has 168 valence electrons. The molecular formula is C22H32N6O2S. The minimum Gasteiger partial charge on any atom is -0.352 e. The summed E-state index contributed by atoms with van der Waals surface area (Å²) in [7, 11) is -1.56. The van der Waals surface area contributed by atoms with E-state index in [-0.39, 0.29) is 0 Å². The molecule has 2 aromatic rings. The number of benzene rings is 1. The van der Waals surface area contributed by atoms with Gasteiger partial charge in [0.05, 0.1) is 17.3 Å². The molecule has 1 aromatic carbocycles. The molecule has 3 heterocycles. The number of aromatic nitrogens is 2. The van der Waals surface area contributed by atoms with Crippen LogP contribution in [-0.4, -0.2) is 66.4 Å². The van der Waals surface area contributed by atoms with Crippen molar-refractivity contribution in [3.05, 3.63) is 48.5 Å². The molecule has 0 amide bonds. The van der Waals surface area contributed by atoms with Gasteiger partial charge in [0.15, 0.2) is 5.96 Å². The highest BCUT2D eigenvalue weighted by atomic mass is 32.2. The lowest BCUT2D eigenvalue weighted by Crippen LogP contribution is -2.48. The van der Waals surface area contributed by atoms with Crippen LogP contribution in [0.4, 0.5) is 0 Å². The first-order chi connectivity index (χ1) is 15.0. The fraction of sp³-hybridized carbons (Fsp3) is 0.545. The number of hydrogen-bond donors (Lipinski definition) is 1. The SMILES string of the molecule is CN=C(NCc1ccc(S(=O)(=O)N2CCCC2)cc1)N1CCC(C)C(n2ccnc2)C1. The Morgan fingerprint density at radius 3 is 2.58 bits per heavy atom. The Morgan fingerprint density at radius 2 is 1.94 bits per heavy atom. The van der Waals surface area contributed by atoms with Crippen molar-refractivity contribution in [3.8, 4) is 0 Å². The van der Waals surface area contributed by atoms with Crippen LogP contribution in [0.2, 0.25) is 0 Å². The average Bonchev–Trinajstić information content (AvgIpc) is 3.50. The maximum absolute atomic E-state index is 12.7. The first-order valence-corrected chi connectivity index (χ1v) is 12.4. The minimum absolute atomic E-state index is 0.366. The van der Waals surface area contributed by atoms with E-state index in [2.05, 4.69) is 31.7 Å². The normalized spacial score (nSPS) is 23.3. The topological polar surface area (TPSA) is 82.8 Å². The Bertz CT molecular complexity index is 982. The quantitative estimate of drug-likeness (QED) is 0.565. The molecule has 8 nitrogen and oxygen atoms in total. The number of piperidine rings is 1. The highest BCUT2D eigenvalue weighted by Crippen LogP contribution is 2.27. The van der Waals surface area contributed by atoms with Crippen molar-refractivity contribution in [1.29, 1.82) is 0 Å². The average molecular weight is 445 g/mol. The summed E-state index contributed by atoms with van der Waals surface area (Å²) in [5.41, 5.74) is 1.03. The molecule has 2 aliphatic heterocycles. The molecule has 2 saturated heterocycles. The van der Waals surface area contributed by atoms with Crippen LogP contribution in [0.25, 0.3) is 0 Å². The van der Waals surface area contributed by atoms with E-state index in [1.807, 2.05) is 30.9 Å². The third kappa shape index (κ3) is 4.77. The highest BCUT2D eigenvalue weighted by molar-refractivity contribution is 7.89. The van der Waals surface area contributed by atoms with Crippen LogP contribution >= 0.6 is 0 Å². The van der Waals surface area contributed by atoms with E-state index in [1.54, 1.807) is 23.5 Å². The molecule has 1 aromatic heterocycles. The largest absolute Gasteiger partial charge is 0.352 e. The Kier molecular flexibility index (Phi) is 6.62. The summed E-state index contributed by atoms with van der Waals surface area (Å²) >= 11 is 0. The Morgan fingerprint density at radius 1 is 1.19 bits per heavy atom. The molecule has 1 N–H and O–H groups in total. The minimum atomic E-state index is -3.37. The number of likely N-dealkylation sites (tertiary alicyclic amines) is 1. The monoisotopic (exact) mass is 444 g/mol. The highest BCUT2D eigenvalue weighted by Gasteiger charge is 2.29. The molecule has 31 heavy (non-hydrogen) atoms. The van der Waals surface area contributed by atoms with Gasteiger partial charge < -0.3 is 14.8 Å². The predicted molar refractivity (Wildman–Crippen MR) is 121 cm³/mol. The van der Waals surface area contributed by atoms with Crippen LogP contribution in [0, 0.1) is 5.92 Å². The number of hydrogen-bond acceptors (Lipinski definition) is 4. The maximum atomic E-state index is 12.7. The van der Waals surface area contributed by atoms with Crippen molar-refractivity contribution in [1.82, 2.24) is 24.1 Å². The van der Waals surface area contributed by atoms with Crippen LogP contribution in [-0.2, 0) is 16.6 Å². The van der Waals surface area contributed by atoms with Crippen LogP contribution in [0.1, 0.15) is 37.8 Å². The number of imidazole rings is 1. The molecule has 2 aliphatic rings. The third-order valence-corrected chi connectivity index (χ3v) is 8.33. The Hall–Kier alpha value is -2.39. The molecule has 9 heteroatoms. The van der Waals surface area contributed by atoms with Gasteiger partial charge in [-0.1, -0.05) is 19.1 Å². The second-order valence-corrected chi connectivity index (χ2v) is 10.4. The lowest BCUT2D eigenvalue weighted by molar-refractivity contribution is 0.189. The van der Waals surface area contributed by atoms with Gasteiger partial charge in [-0.25, -0.2) is 13.4 Å². The molecule has 0 radical (unpaired) electrons. The van der Waals surface area contributed by atoms with E-state index in [4.69, 9.17) is 0 Å². The second-order valence-electron chi connectivity index (χ2n) is 8.45. The number of aliphatic imine (C=N–C) groups is 1. The summed E-state index contributed by atoms with van der Waals surface area (Å²) in [6.45, 7) is 5.96. The summed E-state index contributed by atoms with van der Waals surface area (Å²) in [5, 5.41) is 3.44. The summed E-state index contributed by atoms with van der Waals surface area (Å²) in [6, 6.07) is 7.56. The zero-order valence-corrected chi connectivity index (χ0v) is 19.1. The number of rotatable bonds is 5. The van der Waals surface area contributed by atoms with E-state index >= 15 is 0 Å². The molecule has 2 atom stereocenters. The van der Waals surface area contributed by atoms with Crippen molar-refractivity contribution >= 4 is 16.0 Å². The van der Waals surface area contributed by atoms with Crippen LogP contribution < -0.4 is 5.32 Å². The van der Waals surface area contributed by atoms with Crippen LogP contribution in [0.3, 0.4) is 0 Å². The van der Waals surface area contributed by atoms with Gasteiger partial charge in [0.1, 0.15) is 0 Å². The summed E-state index contributed by atoms with van der Waals surface area (Å²) < 4.78 is 29.2. The van der Waals surface area contributed by atoms with E-state index in [0.717, 1.165) is 43.9 Å². The third-order valence-electron chi connectivity index (χ3n) is 6.41. The van der Waals surface area contributed by atoms with Crippen molar-refractivity contribution in [2.75, 3.05) is 33.2 Å². The number of nitrogens with one attached hydrogen (secondary N) is 1. The van der Waals surface area contributed by atoms with Gasteiger partial charge in [0.25, 0.3) is 0 Å². The van der Waals surface area contributed by atoms with E-state index < -0.39 is 10.0 Å². The number of guanidine groups is 1. The van der Waals surface area contributed by atoms with Crippen LogP contribution in [0.15, 0.2) is 52.9 Å². The standard InChI is InChI=1S/C22H32N6O2S/c1-18-9-13-26(16-21(18)27-14-10-24-17-27)22(23-2)25-15-19-5-7-20(8-6-19)31(29,30)28-11-3-4-12-28/h5-8,10,14,17-18,21H,3-4,9,11-13,15-16H2,1-2H3,(H,23,25). The summed E-state index contributed by atoms with van der Waals surface area (Å²) in [5.74, 6) is 1.44. The number of sulfonamides is 1. The van der Waals surface area contributed by atoms with E-state index in [0.29, 0.717) is 36.5 Å². The van der Waals surface area contributed by atoms with Crippen molar-refractivity contribution in [3.63, 3.8) is 0 Å². The van der Waals surface area contributed by atoms with Gasteiger partial charge in [0, 0.05) is 52.2 Å². The summed E-state index contributed by atoms with van der Waals surface area (Å²) in [6.07, 6.45) is 8.71. The zero-order valence-electron chi connectivity index (χ0n) is 18.3. The van der Waals surface area contributed by atoms with Gasteiger partial charge >= 0.3 is 0 Å². The van der Waals surface area contributed by atoms with Gasteiger partial charge in [0.2, 0.25) is 10.0 Å². The molecule has 0 saturated carbocycles. The summed E-state index contributed by atoms with van der Waals surface area (Å²) in [4.78, 5) is 11.3. The zero-order chi connectivity index (χ0) is 21.8. The lowest BCUT2D eigenvalue weighted by Gasteiger charge is -2.39. The molecule has 4 rings (SSSR count). The maximum Gasteiger partial charge on any atom is 0.243 e. The first-order valence-electron chi connectivity index (χ1n) is 11.0. The Labute approximate surface area is 185 Å². The molecule has 0 spiro atoms. The van der Waals surface area contributed by atoms with E-state index in [1.165, 1.54) is 0 Å². The van der Waals surface area contributed by atoms with E-state index in [9.17, 15) is 8.42 Å². The van der Waals surface area contributed by atoms with Gasteiger partial charge in [-0.05, 0) is 42.9 Å². The van der Waals surface area contributed by atoms with Crippen LogP contribution in [0.5, 0.6) is 0 Å². The predicted octanol–water partition coefficient (Wildman–Crippen LogP) is 2.33. The lowest BCUT2D eigenvalue weighted by atomic mass is 9.93. The van der Waals surface area contributed by atoms with Gasteiger partial charge in [-0.15, -0.1) is 0 Å². The second kappa shape index (κ2) is 9.40. The van der Waals surface area contributed by atoms with Crippen molar-refractivity contribution in [2.45, 2.75) is 43.7 Å². The molecular weight excluding hydrogens is 412 g/mol. The fourth-order valence-corrected chi connectivity index (χ4v) is 5.98. The molecule has 2 unspecified atom stereocenters.